The van der Waals surface area contributed by atoms with Crippen molar-refractivity contribution in [3.63, 3.8) is 0 Å². The Bertz CT molecular complexity index is 553. The fourth-order valence-corrected chi connectivity index (χ4v) is 1.62. The summed E-state index contributed by atoms with van der Waals surface area (Å²) in [5.41, 5.74) is 2.42. The number of aryl methyl sites for hydroxylation is 3. The predicted octanol–water partition coefficient (Wildman–Crippen LogP) is 0.921. The van der Waals surface area contributed by atoms with Crippen molar-refractivity contribution in [3.8, 4) is 5.69 Å². The van der Waals surface area contributed by atoms with Crippen LogP contribution in [0.2, 0.25) is 0 Å². The Morgan fingerprint density at radius 3 is 2.50 bits per heavy atom. The highest BCUT2D eigenvalue weighted by Crippen LogP contribution is 2.14. The van der Waals surface area contributed by atoms with Crippen molar-refractivity contribution in [2.24, 2.45) is 7.05 Å². The van der Waals surface area contributed by atoms with Crippen LogP contribution in [0.3, 0.4) is 0 Å². The van der Waals surface area contributed by atoms with Crippen LogP contribution >= 0.6 is 0 Å². The Balaban J connectivity index is 2.56. The van der Waals surface area contributed by atoms with E-state index in [0.29, 0.717) is 0 Å². The number of carboxylic acids is 1. The van der Waals surface area contributed by atoms with E-state index in [0.717, 1.165) is 17.1 Å². The number of rotatable bonds is 2. The van der Waals surface area contributed by atoms with Gasteiger partial charge in [0.15, 0.2) is 5.69 Å². The maximum Gasteiger partial charge on any atom is 0.356 e. The minimum Gasteiger partial charge on any atom is -0.476 e. The third-order valence-corrected chi connectivity index (χ3v) is 2.32. The molecule has 0 aliphatic rings. The summed E-state index contributed by atoms with van der Waals surface area (Å²) >= 11 is 0. The van der Waals surface area contributed by atoms with Gasteiger partial charge in [-0.3, -0.25) is 4.68 Å². The van der Waals surface area contributed by atoms with Gasteiger partial charge in [0.1, 0.15) is 5.69 Å². The van der Waals surface area contributed by atoms with Gasteiger partial charge in [-0.1, -0.05) is 0 Å². The number of hydrogen-bond donors (Lipinski definition) is 1. The van der Waals surface area contributed by atoms with Crippen molar-refractivity contribution in [2.45, 2.75) is 13.8 Å². The summed E-state index contributed by atoms with van der Waals surface area (Å²) < 4.78 is 3.26. The Labute approximate surface area is 92.1 Å². The number of aromatic nitrogens is 4. The van der Waals surface area contributed by atoms with Crippen LogP contribution in [0.15, 0.2) is 12.3 Å². The van der Waals surface area contributed by atoms with Crippen molar-refractivity contribution in [2.75, 3.05) is 0 Å². The molecular formula is C10H12N4O2. The highest BCUT2D eigenvalue weighted by atomic mass is 16.4. The molecule has 2 aromatic heterocycles. The normalized spacial score (nSPS) is 10.7. The molecule has 0 radical (unpaired) electrons. The monoisotopic (exact) mass is 220 g/mol. The molecule has 0 unspecified atom stereocenters. The first-order chi connectivity index (χ1) is 7.49. The highest BCUT2D eigenvalue weighted by Gasteiger charge is 2.14. The van der Waals surface area contributed by atoms with Crippen molar-refractivity contribution in [1.82, 2.24) is 19.6 Å². The largest absolute Gasteiger partial charge is 0.476 e. The van der Waals surface area contributed by atoms with Gasteiger partial charge in [-0.25, -0.2) is 9.48 Å². The Hall–Kier alpha value is -2.11. The van der Waals surface area contributed by atoms with Crippen molar-refractivity contribution in [3.05, 3.63) is 29.3 Å². The highest BCUT2D eigenvalue weighted by molar-refractivity contribution is 5.85. The second-order valence-corrected chi connectivity index (χ2v) is 3.66. The lowest BCUT2D eigenvalue weighted by Crippen LogP contribution is -2.02. The molecule has 0 atom stereocenters. The Kier molecular flexibility index (Phi) is 2.26. The molecule has 2 aromatic rings. The third-order valence-electron chi connectivity index (χ3n) is 2.32. The summed E-state index contributed by atoms with van der Waals surface area (Å²) in [5, 5.41) is 17.1. The average Bonchev–Trinajstić information content (AvgIpc) is 2.69. The predicted molar refractivity (Wildman–Crippen MR) is 56.8 cm³/mol. The van der Waals surface area contributed by atoms with E-state index < -0.39 is 5.97 Å². The first-order valence-electron chi connectivity index (χ1n) is 4.79. The zero-order chi connectivity index (χ0) is 11.9. The van der Waals surface area contributed by atoms with E-state index in [1.165, 1.54) is 6.07 Å². The summed E-state index contributed by atoms with van der Waals surface area (Å²) in [5.74, 6) is -1.02. The van der Waals surface area contributed by atoms with Gasteiger partial charge in [-0.2, -0.15) is 10.2 Å². The lowest BCUT2D eigenvalue weighted by Gasteiger charge is -2.00. The molecule has 16 heavy (non-hydrogen) atoms. The zero-order valence-electron chi connectivity index (χ0n) is 9.30. The second kappa shape index (κ2) is 3.48. The molecule has 0 amide bonds. The number of hydrogen-bond acceptors (Lipinski definition) is 3. The molecule has 84 valence electrons. The first-order valence-corrected chi connectivity index (χ1v) is 4.79. The maximum absolute atomic E-state index is 10.8. The number of carbonyl (C=O) groups is 1. The van der Waals surface area contributed by atoms with Gasteiger partial charge < -0.3 is 5.11 Å². The van der Waals surface area contributed by atoms with Gasteiger partial charge in [-0.15, -0.1) is 0 Å². The summed E-state index contributed by atoms with van der Waals surface area (Å²) in [6.45, 7) is 3.67. The Morgan fingerprint density at radius 2 is 2.06 bits per heavy atom. The van der Waals surface area contributed by atoms with E-state index in [1.54, 1.807) is 15.6 Å². The van der Waals surface area contributed by atoms with Crippen LogP contribution in [0.5, 0.6) is 0 Å². The first kappa shape index (κ1) is 10.4. The maximum atomic E-state index is 10.8. The lowest BCUT2D eigenvalue weighted by atomic mass is 10.3. The minimum absolute atomic E-state index is 0.0424. The molecule has 0 saturated carbocycles. The van der Waals surface area contributed by atoms with Gasteiger partial charge >= 0.3 is 5.97 Å². The molecule has 0 spiro atoms. The molecular weight excluding hydrogens is 208 g/mol. The van der Waals surface area contributed by atoms with Gasteiger partial charge in [0.2, 0.25) is 0 Å². The average molecular weight is 220 g/mol. The van der Waals surface area contributed by atoms with Crippen molar-refractivity contribution >= 4 is 5.97 Å². The topological polar surface area (TPSA) is 72.9 Å². The molecule has 0 aliphatic heterocycles. The fourth-order valence-electron chi connectivity index (χ4n) is 1.62. The molecule has 0 bridgehead atoms. The number of aromatic carboxylic acids is 1. The standard InChI is InChI=1S/C10H12N4O2/c1-6-4-8(10(15)16)12-14(6)9-5-13(3)11-7(9)2/h4-5H,1-3H3,(H,15,16). The quantitative estimate of drug-likeness (QED) is 0.816. The van der Waals surface area contributed by atoms with E-state index in [-0.39, 0.29) is 5.69 Å². The molecule has 0 aliphatic carbocycles. The third kappa shape index (κ3) is 1.58. The molecule has 2 rings (SSSR count). The van der Waals surface area contributed by atoms with E-state index in [1.807, 2.05) is 20.9 Å². The number of nitrogens with zero attached hydrogens (tertiary/aromatic N) is 4. The molecule has 0 saturated heterocycles. The van der Waals surface area contributed by atoms with E-state index in [4.69, 9.17) is 5.11 Å². The molecule has 6 heteroatoms. The summed E-state index contributed by atoms with van der Waals surface area (Å²) in [4.78, 5) is 10.8. The van der Waals surface area contributed by atoms with Crippen LogP contribution in [0, 0.1) is 13.8 Å². The second-order valence-electron chi connectivity index (χ2n) is 3.66. The zero-order valence-corrected chi connectivity index (χ0v) is 9.30. The van der Waals surface area contributed by atoms with E-state index >= 15 is 0 Å². The van der Waals surface area contributed by atoms with Crippen LogP contribution < -0.4 is 0 Å². The molecule has 6 nitrogen and oxygen atoms in total. The van der Waals surface area contributed by atoms with Crippen LogP contribution in [-0.4, -0.2) is 30.6 Å². The lowest BCUT2D eigenvalue weighted by molar-refractivity contribution is 0.0690. The van der Waals surface area contributed by atoms with E-state index in [2.05, 4.69) is 10.2 Å². The smallest absolute Gasteiger partial charge is 0.356 e. The van der Waals surface area contributed by atoms with Crippen LogP contribution in [0.1, 0.15) is 21.9 Å². The molecule has 2 heterocycles. The SMILES string of the molecule is Cc1nn(C)cc1-n1nc(C(=O)O)cc1C. The molecule has 1 N–H and O–H groups in total. The van der Waals surface area contributed by atoms with Crippen molar-refractivity contribution in [1.29, 1.82) is 0 Å². The van der Waals surface area contributed by atoms with Gasteiger partial charge in [0, 0.05) is 12.7 Å². The van der Waals surface area contributed by atoms with Gasteiger partial charge in [-0.05, 0) is 19.9 Å². The van der Waals surface area contributed by atoms with Gasteiger partial charge in [0.05, 0.1) is 11.9 Å². The van der Waals surface area contributed by atoms with Gasteiger partial charge in [0.25, 0.3) is 0 Å². The fraction of sp³-hybridized carbons (Fsp3) is 0.300. The number of carboxylic acid groups (broad SMARTS) is 1. The summed E-state index contributed by atoms with van der Waals surface area (Å²) in [6.07, 6.45) is 1.81. The van der Waals surface area contributed by atoms with Crippen LogP contribution in [0.4, 0.5) is 0 Å². The Morgan fingerprint density at radius 1 is 1.38 bits per heavy atom. The van der Waals surface area contributed by atoms with E-state index in [9.17, 15) is 4.79 Å². The van der Waals surface area contributed by atoms with Crippen LogP contribution in [0.25, 0.3) is 5.69 Å². The summed E-state index contributed by atoms with van der Waals surface area (Å²) in [6, 6.07) is 1.54. The minimum atomic E-state index is -1.02. The van der Waals surface area contributed by atoms with Crippen LogP contribution in [-0.2, 0) is 7.05 Å². The van der Waals surface area contributed by atoms with Crippen molar-refractivity contribution < 1.29 is 9.90 Å². The molecule has 0 fully saturated rings. The molecule has 0 aromatic carbocycles. The summed E-state index contributed by atoms with van der Waals surface area (Å²) in [7, 11) is 1.81.